The Kier molecular flexibility index (Phi) is 4.81. The van der Waals surface area contributed by atoms with Gasteiger partial charge in [0.05, 0.1) is 30.3 Å². The van der Waals surface area contributed by atoms with E-state index in [-0.39, 0.29) is 6.04 Å². The minimum atomic E-state index is 0.153. The normalized spacial score (nSPS) is 12.4. The highest BCUT2D eigenvalue weighted by Crippen LogP contribution is 2.32. The molecule has 0 unspecified atom stereocenters. The second-order valence-corrected chi connectivity index (χ2v) is 7.07. The molecule has 7 nitrogen and oxygen atoms in total. The summed E-state index contributed by atoms with van der Waals surface area (Å²) in [5, 5.41) is 8.99. The van der Waals surface area contributed by atoms with E-state index in [0.717, 1.165) is 47.3 Å². The van der Waals surface area contributed by atoms with E-state index in [4.69, 9.17) is 4.98 Å². The molecule has 3 heterocycles. The summed E-state index contributed by atoms with van der Waals surface area (Å²) in [6.45, 7) is 9.88. The first kappa shape index (κ1) is 18.2. The molecule has 144 valence electrons. The molecule has 0 N–H and O–H groups in total. The molecule has 4 aromatic rings. The van der Waals surface area contributed by atoms with Crippen molar-refractivity contribution in [2.75, 3.05) is 0 Å². The number of hydrogen-bond acceptors (Lipinski definition) is 4. The van der Waals surface area contributed by atoms with Crippen LogP contribution in [0.25, 0.3) is 22.8 Å². The predicted molar refractivity (Wildman–Crippen MR) is 109 cm³/mol. The lowest BCUT2D eigenvalue weighted by Gasteiger charge is -2.18. The van der Waals surface area contributed by atoms with Crippen molar-refractivity contribution < 1.29 is 0 Å². The fourth-order valence-electron chi connectivity index (χ4n) is 3.60. The number of aryl methyl sites for hydroxylation is 3. The van der Waals surface area contributed by atoms with Crippen molar-refractivity contribution in [1.29, 1.82) is 0 Å². The minimum absolute atomic E-state index is 0.153. The van der Waals surface area contributed by atoms with Gasteiger partial charge in [0, 0.05) is 17.8 Å². The topological polar surface area (TPSA) is 66.3 Å². The Morgan fingerprint density at radius 2 is 1.82 bits per heavy atom. The fraction of sp³-hybridized carbons (Fsp3) is 0.333. The molecule has 28 heavy (non-hydrogen) atoms. The molecule has 0 fully saturated rings. The number of imidazole rings is 1. The summed E-state index contributed by atoms with van der Waals surface area (Å²) in [4.78, 5) is 9.32. The van der Waals surface area contributed by atoms with E-state index in [1.165, 1.54) is 0 Å². The second-order valence-electron chi connectivity index (χ2n) is 7.07. The smallest absolute Gasteiger partial charge is 0.177 e. The lowest BCUT2D eigenvalue weighted by molar-refractivity contribution is 0.431. The summed E-state index contributed by atoms with van der Waals surface area (Å²) >= 11 is 0. The van der Waals surface area contributed by atoms with Crippen LogP contribution < -0.4 is 0 Å². The molecule has 1 aromatic carbocycles. The van der Waals surface area contributed by atoms with E-state index in [9.17, 15) is 0 Å². The van der Waals surface area contributed by atoms with Crippen LogP contribution in [-0.2, 0) is 13.1 Å². The molecule has 0 aliphatic carbocycles. The zero-order chi connectivity index (χ0) is 19.7. The van der Waals surface area contributed by atoms with E-state index >= 15 is 0 Å². The maximum atomic E-state index is 4.76. The van der Waals surface area contributed by atoms with Crippen molar-refractivity contribution in [2.24, 2.45) is 0 Å². The minimum Gasteiger partial charge on any atom is -0.323 e. The standard InChI is InChI=1S/C21H25N7/c1-5-27-21(22-13-24-27)20-19(18-9-7-6-8-10-18)23-14-26(20)17(4)12-28-16(3)11-15(2)25-28/h6-11,13-14,17H,5,12H2,1-4H3/t17-/m1/s1. The average Bonchev–Trinajstić information content (AvgIpc) is 3.40. The largest absolute Gasteiger partial charge is 0.323 e. The van der Waals surface area contributed by atoms with Gasteiger partial charge in [-0.25, -0.2) is 14.6 Å². The van der Waals surface area contributed by atoms with Crippen molar-refractivity contribution >= 4 is 0 Å². The summed E-state index contributed by atoms with van der Waals surface area (Å²) in [7, 11) is 0. The molecule has 0 saturated heterocycles. The van der Waals surface area contributed by atoms with Crippen LogP contribution in [0.2, 0.25) is 0 Å². The van der Waals surface area contributed by atoms with Crippen LogP contribution in [0.1, 0.15) is 31.3 Å². The van der Waals surface area contributed by atoms with Crippen molar-refractivity contribution in [1.82, 2.24) is 34.1 Å². The van der Waals surface area contributed by atoms with Gasteiger partial charge in [0.1, 0.15) is 12.0 Å². The van der Waals surface area contributed by atoms with E-state index in [1.54, 1.807) is 6.33 Å². The third-order valence-electron chi connectivity index (χ3n) is 4.98. The van der Waals surface area contributed by atoms with Gasteiger partial charge in [0.15, 0.2) is 5.82 Å². The molecule has 0 bridgehead atoms. The van der Waals surface area contributed by atoms with Crippen molar-refractivity contribution in [3.8, 4) is 22.8 Å². The Morgan fingerprint density at radius 3 is 2.50 bits per heavy atom. The summed E-state index contributed by atoms with van der Waals surface area (Å²) < 4.78 is 6.15. The van der Waals surface area contributed by atoms with Gasteiger partial charge in [-0.2, -0.15) is 10.2 Å². The molecule has 0 aliphatic heterocycles. The van der Waals surface area contributed by atoms with Crippen LogP contribution in [0, 0.1) is 13.8 Å². The first-order valence-corrected chi connectivity index (χ1v) is 9.60. The Hall–Kier alpha value is -3.22. The Balaban J connectivity index is 1.81. The molecule has 0 aliphatic rings. The second kappa shape index (κ2) is 7.42. The average molecular weight is 375 g/mol. The van der Waals surface area contributed by atoms with Gasteiger partial charge < -0.3 is 4.57 Å². The van der Waals surface area contributed by atoms with Gasteiger partial charge in [0.25, 0.3) is 0 Å². The number of nitrogens with zero attached hydrogens (tertiary/aromatic N) is 7. The van der Waals surface area contributed by atoms with Crippen LogP contribution >= 0.6 is 0 Å². The van der Waals surface area contributed by atoms with Crippen molar-refractivity contribution in [3.05, 3.63) is 60.4 Å². The number of benzene rings is 1. The fourth-order valence-corrected chi connectivity index (χ4v) is 3.60. The zero-order valence-electron chi connectivity index (χ0n) is 16.7. The molecule has 0 spiro atoms. The van der Waals surface area contributed by atoms with Gasteiger partial charge in [-0.1, -0.05) is 30.3 Å². The van der Waals surface area contributed by atoms with Crippen LogP contribution in [0.15, 0.2) is 49.1 Å². The monoisotopic (exact) mass is 375 g/mol. The maximum absolute atomic E-state index is 4.76. The predicted octanol–water partition coefficient (Wildman–Crippen LogP) is 3.90. The summed E-state index contributed by atoms with van der Waals surface area (Å²) in [6, 6.07) is 12.5. The highest BCUT2D eigenvalue weighted by atomic mass is 15.3. The van der Waals surface area contributed by atoms with Gasteiger partial charge in [0.2, 0.25) is 0 Å². The van der Waals surface area contributed by atoms with E-state index in [2.05, 4.69) is 63.4 Å². The Bertz CT molecular complexity index is 1070. The van der Waals surface area contributed by atoms with E-state index in [1.807, 2.05) is 36.1 Å². The third-order valence-corrected chi connectivity index (χ3v) is 4.98. The van der Waals surface area contributed by atoms with Gasteiger partial charge in [-0.15, -0.1) is 0 Å². The van der Waals surface area contributed by atoms with E-state index < -0.39 is 0 Å². The summed E-state index contributed by atoms with van der Waals surface area (Å²) in [5.74, 6) is 0.832. The summed E-state index contributed by atoms with van der Waals surface area (Å²) in [6.07, 6.45) is 3.51. The lowest BCUT2D eigenvalue weighted by Crippen LogP contribution is -2.16. The summed E-state index contributed by atoms with van der Waals surface area (Å²) in [5.41, 5.74) is 5.17. The van der Waals surface area contributed by atoms with E-state index in [0.29, 0.717) is 0 Å². The molecule has 0 saturated carbocycles. The molecule has 4 rings (SSSR count). The molecule has 0 amide bonds. The van der Waals surface area contributed by atoms with Crippen LogP contribution in [0.5, 0.6) is 0 Å². The number of rotatable bonds is 6. The Morgan fingerprint density at radius 1 is 1.04 bits per heavy atom. The van der Waals surface area contributed by atoms with Crippen molar-refractivity contribution in [3.63, 3.8) is 0 Å². The first-order chi connectivity index (χ1) is 13.6. The molecular weight excluding hydrogens is 350 g/mol. The van der Waals surface area contributed by atoms with Gasteiger partial charge in [-0.05, 0) is 33.8 Å². The van der Waals surface area contributed by atoms with Gasteiger partial charge >= 0.3 is 0 Å². The number of aromatic nitrogens is 7. The molecule has 1 atom stereocenters. The van der Waals surface area contributed by atoms with Crippen LogP contribution in [0.4, 0.5) is 0 Å². The Labute approximate surface area is 164 Å². The highest BCUT2D eigenvalue weighted by Gasteiger charge is 2.22. The molecule has 3 aromatic heterocycles. The number of hydrogen-bond donors (Lipinski definition) is 0. The molecule has 0 radical (unpaired) electrons. The van der Waals surface area contributed by atoms with Crippen LogP contribution in [0.3, 0.4) is 0 Å². The van der Waals surface area contributed by atoms with Crippen molar-refractivity contribution in [2.45, 2.75) is 46.8 Å². The lowest BCUT2D eigenvalue weighted by atomic mass is 10.1. The van der Waals surface area contributed by atoms with Gasteiger partial charge in [-0.3, -0.25) is 4.68 Å². The molecule has 7 heteroatoms. The van der Waals surface area contributed by atoms with Crippen LogP contribution in [-0.4, -0.2) is 34.1 Å². The zero-order valence-corrected chi connectivity index (χ0v) is 16.7. The third kappa shape index (κ3) is 3.24. The first-order valence-electron chi connectivity index (χ1n) is 9.60. The maximum Gasteiger partial charge on any atom is 0.177 e. The SMILES string of the molecule is CCn1ncnc1-c1c(-c2ccccc2)ncn1[C@H](C)Cn1nc(C)cc1C. The molecular formula is C21H25N7. The highest BCUT2D eigenvalue weighted by molar-refractivity contribution is 5.75. The quantitative estimate of drug-likeness (QED) is 0.513.